The smallest absolute Gasteiger partial charge is 0.246 e. The van der Waals surface area contributed by atoms with Crippen molar-refractivity contribution >= 4 is 35.6 Å². The topological polar surface area (TPSA) is 51.0 Å². The first-order chi connectivity index (χ1) is 9.60. The number of hydrogen-bond acceptors (Lipinski definition) is 4. The third-order valence-electron chi connectivity index (χ3n) is 3.70. The Morgan fingerprint density at radius 2 is 1.95 bits per heavy atom. The van der Waals surface area contributed by atoms with Gasteiger partial charge in [0.2, 0.25) is 11.7 Å². The Balaban J connectivity index is 0.00000161. The molecule has 0 saturated carbocycles. The summed E-state index contributed by atoms with van der Waals surface area (Å²) >= 11 is 12.3. The number of aromatic nitrogens is 2. The summed E-state index contributed by atoms with van der Waals surface area (Å²) in [5.41, 5.74) is 0.349. The van der Waals surface area contributed by atoms with Crippen LogP contribution < -0.4 is 5.32 Å². The molecule has 0 amide bonds. The molecule has 1 fully saturated rings. The molecule has 0 bridgehead atoms. The van der Waals surface area contributed by atoms with Gasteiger partial charge in [0.25, 0.3) is 0 Å². The minimum Gasteiger partial charge on any atom is -0.337 e. The largest absolute Gasteiger partial charge is 0.337 e. The Morgan fingerprint density at radius 1 is 1.24 bits per heavy atom. The summed E-state index contributed by atoms with van der Waals surface area (Å²) in [7, 11) is 0. The van der Waals surface area contributed by atoms with Crippen LogP contribution in [0.15, 0.2) is 22.7 Å². The summed E-state index contributed by atoms with van der Waals surface area (Å²) in [5, 5.41) is 8.52. The van der Waals surface area contributed by atoms with E-state index in [4.69, 9.17) is 27.7 Å². The molecule has 1 aliphatic heterocycles. The maximum atomic E-state index is 6.17. The zero-order chi connectivity index (χ0) is 14.2. The third-order valence-corrected chi connectivity index (χ3v) is 4.33. The number of piperidine rings is 1. The van der Waals surface area contributed by atoms with Crippen LogP contribution >= 0.6 is 35.6 Å². The summed E-state index contributed by atoms with van der Waals surface area (Å²) in [6.45, 7) is 3.04. The van der Waals surface area contributed by atoms with Crippen LogP contribution in [-0.2, 0) is 5.54 Å². The maximum Gasteiger partial charge on any atom is 0.246 e. The number of nitrogens with zero attached hydrogens (tertiary/aromatic N) is 2. The maximum absolute atomic E-state index is 6.17. The Labute approximate surface area is 139 Å². The molecule has 0 aliphatic carbocycles. The van der Waals surface area contributed by atoms with Crippen LogP contribution in [0.4, 0.5) is 0 Å². The first kappa shape index (κ1) is 16.6. The molecule has 1 unspecified atom stereocenters. The molecule has 2 aromatic rings. The van der Waals surface area contributed by atoms with E-state index in [0.29, 0.717) is 27.3 Å². The fourth-order valence-corrected chi connectivity index (χ4v) is 3.07. The van der Waals surface area contributed by atoms with Crippen LogP contribution in [0.5, 0.6) is 0 Å². The Bertz CT molecular complexity index is 603. The van der Waals surface area contributed by atoms with Gasteiger partial charge in [-0.25, -0.2) is 0 Å². The van der Waals surface area contributed by atoms with E-state index in [1.165, 1.54) is 6.42 Å². The minimum absolute atomic E-state index is 0. The van der Waals surface area contributed by atoms with E-state index < -0.39 is 0 Å². The van der Waals surface area contributed by atoms with E-state index in [9.17, 15) is 0 Å². The molecular weight excluding hydrogens is 333 g/mol. The van der Waals surface area contributed by atoms with Crippen LogP contribution in [0.3, 0.4) is 0 Å². The molecular formula is C14H16Cl3N3O. The highest BCUT2D eigenvalue weighted by Crippen LogP contribution is 2.35. The van der Waals surface area contributed by atoms with Crippen molar-refractivity contribution in [3.05, 3.63) is 34.1 Å². The average molecular weight is 349 g/mol. The molecule has 1 atom stereocenters. The predicted molar refractivity (Wildman–Crippen MR) is 86.2 cm³/mol. The van der Waals surface area contributed by atoms with E-state index >= 15 is 0 Å². The van der Waals surface area contributed by atoms with E-state index in [1.807, 2.05) is 0 Å². The van der Waals surface area contributed by atoms with Gasteiger partial charge >= 0.3 is 0 Å². The summed E-state index contributed by atoms with van der Waals surface area (Å²) < 4.78 is 5.43. The van der Waals surface area contributed by atoms with Crippen LogP contribution in [0.25, 0.3) is 11.4 Å². The third kappa shape index (κ3) is 3.19. The van der Waals surface area contributed by atoms with Crippen LogP contribution in [-0.4, -0.2) is 16.7 Å². The van der Waals surface area contributed by atoms with E-state index in [1.54, 1.807) is 18.2 Å². The quantitative estimate of drug-likeness (QED) is 0.871. The summed E-state index contributed by atoms with van der Waals surface area (Å²) in [4.78, 5) is 4.49. The zero-order valence-electron chi connectivity index (χ0n) is 11.5. The van der Waals surface area contributed by atoms with Gasteiger partial charge in [0, 0.05) is 0 Å². The van der Waals surface area contributed by atoms with Crippen molar-refractivity contribution in [3.8, 4) is 11.4 Å². The van der Waals surface area contributed by atoms with E-state index in [-0.39, 0.29) is 17.9 Å². The minimum atomic E-state index is -0.267. The van der Waals surface area contributed by atoms with Gasteiger partial charge in [-0.15, -0.1) is 12.4 Å². The molecule has 21 heavy (non-hydrogen) atoms. The number of rotatable bonds is 2. The second-order valence-electron chi connectivity index (χ2n) is 5.24. The lowest BCUT2D eigenvalue weighted by molar-refractivity contribution is 0.207. The fraction of sp³-hybridized carbons (Fsp3) is 0.429. The van der Waals surface area contributed by atoms with Crippen molar-refractivity contribution < 1.29 is 4.52 Å². The van der Waals surface area contributed by atoms with Gasteiger partial charge in [0.1, 0.15) is 0 Å². The van der Waals surface area contributed by atoms with Crippen LogP contribution in [0.1, 0.15) is 32.1 Å². The Morgan fingerprint density at radius 3 is 2.57 bits per heavy atom. The highest BCUT2D eigenvalue weighted by molar-refractivity contribution is 6.38. The molecule has 0 spiro atoms. The lowest BCUT2D eigenvalue weighted by Crippen LogP contribution is -2.43. The predicted octanol–water partition coefficient (Wildman–Crippen LogP) is 4.45. The second-order valence-corrected chi connectivity index (χ2v) is 6.05. The lowest BCUT2D eigenvalue weighted by atomic mass is 9.91. The first-order valence-electron chi connectivity index (χ1n) is 6.64. The van der Waals surface area contributed by atoms with Crippen LogP contribution in [0.2, 0.25) is 10.0 Å². The molecule has 4 nitrogen and oxygen atoms in total. The molecule has 1 aromatic carbocycles. The number of hydrogen-bond donors (Lipinski definition) is 1. The molecule has 2 heterocycles. The lowest BCUT2D eigenvalue weighted by Gasteiger charge is -2.31. The molecule has 1 saturated heterocycles. The van der Waals surface area contributed by atoms with Gasteiger partial charge in [-0.3, -0.25) is 0 Å². The highest BCUT2D eigenvalue weighted by atomic mass is 35.5. The molecule has 7 heteroatoms. The van der Waals surface area contributed by atoms with Gasteiger partial charge in [-0.05, 0) is 44.9 Å². The normalized spacial score (nSPS) is 21.9. The summed E-state index contributed by atoms with van der Waals surface area (Å²) in [6, 6.07) is 5.32. The molecule has 1 aliphatic rings. The van der Waals surface area contributed by atoms with Gasteiger partial charge < -0.3 is 9.84 Å². The molecule has 1 N–H and O–H groups in total. The molecule has 1 aromatic heterocycles. The zero-order valence-corrected chi connectivity index (χ0v) is 13.9. The van der Waals surface area contributed by atoms with Gasteiger partial charge in [-0.2, -0.15) is 4.98 Å². The highest BCUT2D eigenvalue weighted by Gasteiger charge is 2.34. The number of halogens is 3. The second kappa shape index (κ2) is 6.53. The van der Waals surface area contributed by atoms with Crippen molar-refractivity contribution in [2.45, 2.75) is 31.7 Å². The van der Waals surface area contributed by atoms with Crippen molar-refractivity contribution in [3.63, 3.8) is 0 Å². The monoisotopic (exact) mass is 347 g/mol. The summed E-state index contributed by atoms with van der Waals surface area (Å²) in [6.07, 6.45) is 3.30. The standard InChI is InChI=1S/C14H15Cl2N3O.ClH/c1-14(7-2-3-8-17-14)13-18-12(19-20-13)11-9(15)5-4-6-10(11)16;/h4-6,17H,2-3,7-8H2,1H3;1H. The van der Waals surface area contributed by atoms with Crippen molar-refractivity contribution in [2.75, 3.05) is 6.54 Å². The average Bonchev–Trinajstić information content (AvgIpc) is 2.90. The summed E-state index contributed by atoms with van der Waals surface area (Å²) in [5.74, 6) is 1.02. The Kier molecular flexibility index (Phi) is 5.15. The molecule has 3 rings (SSSR count). The SMILES string of the molecule is CC1(c2nc(-c3c(Cl)cccc3Cl)no2)CCCCN1.Cl. The number of benzene rings is 1. The van der Waals surface area contributed by atoms with Gasteiger partial charge in [-0.1, -0.05) is 34.4 Å². The van der Waals surface area contributed by atoms with Gasteiger partial charge in [0.15, 0.2) is 0 Å². The van der Waals surface area contributed by atoms with Crippen LogP contribution in [0, 0.1) is 0 Å². The van der Waals surface area contributed by atoms with E-state index in [0.717, 1.165) is 19.4 Å². The van der Waals surface area contributed by atoms with Crippen molar-refractivity contribution in [2.24, 2.45) is 0 Å². The van der Waals surface area contributed by atoms with E-state index in [2.05, 4.69) is 22.4 Å². The van der Waals surface area contributed by atoms with Crippen molar-refractivity contribution in [1.82, 2.24) is 15.5 Å². The molecule has 0 radical (unpaired) electrons. The fourth-order valence-electron chi connectivity index (χ4n) is 2.50. The first-order valence-corrected chi connectivity index (χ1v) is 7.39. The van der Waals surface area contributed by atoms with Crippen molar-refractivity contribution in [1.29, 1.82) is 0 Å². The van der Waals surface area contributed by atoms with Gasteiger partial charge in [0.05, 0.1) is 21.1 Å². The number of nitrogens with one attached hydrogen (secondary N) is 1. The molecule has 114 valence electrons. The Hall–Kier alpha value is -0.810.